The second kappa shape index (κ2) is 5.93. The molecule has 0 aliphatic rings. The van der Waals surface area contributed by atoms with Gasteiger partial charge in [-0.1, -0.05) is 36.4 Å². The van der Waals surface area contributed by atoms with Crippen molar-refractivity contribution in [3.8, 4) is 11.5 Å². The van der Waals surface area contributed by atoms with Gasteiger partial charge in [-0.2, -0.15) is 0 Å². The van der Waals surface area contributed by atoms with Gasteiger partial charge in [0.2, 0.25) is 0 Å². The first-order valence-corrected chi connectivity index (χ1v) is 6.06. The van der Waals surface area contributed by atoms with Crippen LogP contribution in [0.15, 0.2) is 54.1 Å². The summed E-state index contributed by atoms with van der Waals surface area (Å²) in [6.45, 7) is 0. The van der Waals surface area contributed by atoms with Crippen LogP contribution in [-0.4, -0.2) is 21.3 Å². The fraction of sp³-hybridized carbons (Fsp3) is 0.0625. The van der Waals surface area contributed by atoms with Crippen molar-refractivity contribution in [1.82, 2.24) is 0 Å². The molecule has 0 atom stereocenters. The van der Waals surface area contributed by atoms with E-state index in [4.69, 9.17) is 0 Å². The van der Waals surface area contributed by atoms with E-state index in [0.29, 0.717) is 5.56 Å². The molecule has 3 N–H and O–H groups in total. The summed E-state index contributed by atoms with van der Waals surface area (Å²) in [6.07, 6.45) is 1.77. The zero-order chi connectivity index (χ0) is 14.5. The van der Waals surface area contributed by atoms with Gasteiger partial charge in [0.05, 0.1) is 0 Å². The molecule has 4 heteroatoms. The minimum Gasteiger partial charge on any atom is -0.504 e. The van der Waals surface area contributed by atoms with Gasteiger partial charge < -0.3 is 15.3 Å². The second-order valence-electron chi connectivity index (χ2n) is 4.39. The largest absolute Gasteiger partial charge is 0.504 e. The summed E-state index contributed by atoms with van der Waals surface area (Å²) in [7, 11) is 0. The smallest absolute Gasteiger partial charge is 0.331 e. The van der Waals surface area contributed by atoms with Crippen molar-refractivity contribution in [3.63, 3.8) is 0 Å². The summed E-state index contributed by atoms with van der Waals surface area (Å²) in [5.74, 6) is -1.52. The SMILES string of the molecule is O=C(O)/C(=C/c1ccc(O)c(O)c1)Cc1ccccc1. The second-order valence-corrected chi connectivity index (χ2v) is 4.39. The van der Waals surface area contributed by atoms with Crippen LogP contribution in [-0.2, 0) is 11.2 Å². The molecule has 0 heterocycles. The van der Waals surface area contributed by atoms with Crippen molar-refractivity contribution < 1.29 is 20.1 Å². The minimum atomic E-state index is -1.01. The number of phenols is 2. The number of rotatable bonds is 4. The average Bonchev–Trinajstić information content (AvgIpc) is 2.43. The lowest BCUT2D eigenvalue weighted by Gasteiger charge is -2.04. The van der Waals surface area contributed by atoms with Crippen LogP contribution >= 0.6 is 0 Å². The lowest BCUT2D eigenvalue weighted by molar-refractivity contribution is -0.132. The minimum absolute atomic E-state index is 0.210. The molecule has 0 aliphatic carbocycles. The summed E-state index contributed by atoms with van der Waals surface area (Å²) in [5, 5.41) is 27.9. The molecule has 0 radical (unpaired) electrons. The maximum atomic E-state index is 11.3. The van der Waals surface area contributed by atoms with Gasteiger partial charge >= 0.3 is 5.97 Å². The molecule has 4 nitrogen and oxygen atoms in total. The molecule has 0 amide bonds. The van der Waals surface area contributed by atoms with Crippen LogP contribution in [0.4, 0.5) is 0 Å². The van der Waals surface area contributed by atoms with E-state index in [1.165, 1.54) is 18.2 Å². The van der Waals surface area contributed by atoms with Crippen molar-refractivity contribution in [2.75, 3.05) is 0 Å². The van der Waals surface area contributed by atoms with Crippen molar-refractivity contribution >= 4 is 12.0 Å². The molecule has 102 valence electrons. The normalized spacial score (nSPS) is 11.3. The molecular formula is C16H14O4. The molecule has 20 heavy (non-hydrogen) atoms. The van der Waals surface area contributed by atoms with Gasteiger partial charge in [-0.3, -0.25) is 0 Å². The van der Waals surface area contributed by atoms with E-state index < -0.39 is 5.97 Å². The van der Waals surface area contributed by atoms with Gasteiger partial charge in [0.1, 0.15) is 0 Å². The molecule has 0 spiro atoms. The Labute approximate surface area is 116 Å². The van der Waals surface area contributed by atoms with E-state index >= 15 is 0 Å². The third kappa shape index (κ3) is 3.38. The van der Waals surface area contributed by atoms with Crippen molar-refractivity contribution in [2.24, 2.45) is 0 Å². The first kappa shape index (κ1) is 13.7. The van der Waals surface area contributed by atoms with Crippen LogP contribution in [0.5, 0.6) is 11.5 Å². The zero-order valence-corrected chi connectivity index (χ0v) is 10.7. The molecule has 0 saturated carbocycles. The average molecular weight is 270 g/mol. The molecule has 2 aromatic rings. The lowest BCUT2D eigenvalue weighted by atomic mass is 10.0. The van der Waals surface area contributed by atoms with Gasteiger partial charge in [-0.05, 0) is 29.3 Å². The first-order valence-electron chi connectivity index (χ1n) is 6.06. The maximum Gasteiger partial charge on any atom is 0.331 e. The third-order valence-corrected chi connectivity index (χ3v) is 2.85. The van der Waals surface area contributed by atoms with E-state index in [1.54, 1.807) is 6.07 Å². The molecular weight excluding hydrogens is 256 g/mol. The van der Waals surface area contributed by atoms with Crippen molar-refractivity contribution in [2.45, 2.75) is 6.42 Å². The molecule has 0 aromatic heterocycles. The summed E-state index contributed by atoms with van der Waals surface area (Å²) < 4.78 is 0. The fourth-order valence-corrected chi connectivity index (χ4v) is 1.84. The highest BCUT2D eigenvalue weighted by Gasteiger charge is 2.09. The Kier molecular flexibility index (Phi) is 4.05. The highest BCUT2D eigenvalue weighted by atomic mass is 16.4. The van der Waals surface area contributed by atoms with Gasteiger partial charge in [0.15, 0.2) is 11.5 Å². The van der Waals surface area contributed by atoms with Gasteiger partial charge in [-0.25, -0.2) is 4.79 Å². The van der Waals surface area contributed by atoms with Gasteiger partial charge in [0, 0.05) is 12.0 Å². The first-order chi connectivity index (χ1) is 9.56. The number of hydrogen-bond acceptors (Lipinski definition) is 3. The predicted octanol–water partition coefficient (Wildman–Crippen LogP) is 2.81. The van der Waals surface area contributed by atoms with E-state index in [2.05, 4.69) is 0 Å². The topological polar surface area (TPSA) is 77.8 Å². The lowest BCUT2D eigenvalue weighted by Crippen LogP contribution is -2.03. The van der Waals surface area contributed by atoms with E-state index in [1.807, 2.05) is 30.3 Å². The van der Waals surface area contributed by atoms with Crippen LogP contribution in [0, 0.1) is 0 Å². The van der Waals surface area contributed by atoms with Crippen LogP contribution < -0.4 is 0 Å². The monoisotopic (exact) mass is 270 g/mol. The number of benzene rings is 2. The summed E-state index contributed by atoms with van der Waals surface area (Å²) in [5.41, 5.74) is 1.62. The highest BCUT2D eigenvalue weighted by Crippen LogP contribution is 2.26. The number of aromatic hydroxyl groups is 2. The predicted molar refractivity (Wildman–Crippen MR) is 75.5 cm³/mol. The molecule has 2 aromatic carbocycles. The quantitative estimate of drug-likeness (QED) is 0.589. The van der Waals surface area contributed by atoms with E-state index in [9.17, 15) is 20.1 Å². The molecule has 0 bridgehead atoms. The molecule has 2 rings (SSSR count). The van der Waals surface area contributed by atoms with Crippen molar-refractivity contribution in [1.29, 1.82) is 0 Å². The maximum absolute atomic E-state index is 11.3. The third-order valence-electron chi connectivity index (χ3n) is 2.85. The van der Waals surface area contributed by atoms with E-state index in [-0.39, 0.29) is 23.5 Å². The Morgan fingerprint density at radius 3 is 2.30 bits per heavy atom. The Morgan fingerprint density at radius 2 is 1.70 bits per heavy atom. The van der Waals surface area contributed by atoms with Crippen LogP contribution in [0.3, 0.4) is 0 Å². The summed E-state index contributed by atoms with van der Waals surface area (Å²) in [4.78, 5) is 11.3. The number of carbonyl (C=O) groups is 1. The zero-order valence-electron chi connectivity index (χ0n) is 10.7. The number of aliphatic carboxylic acids is 1. The Morgan fingerprint density at radius 1 is 1.00 bits per heavy atom. The van der Waals surface area contributed by atoms with E-state index in [0.717, 1.165) is 5.56 Å². The van der Waals surface area contributed by atoms with Crippen LogP contribution in [0.25, 0.3) is 6.08 Å². The Hall–Kier alpha value is -2.75. The van der Waals surface area contributed by atoms with Crippen molar-refractivity contribution in [3.05, 3.63) is 65.2 Å². The summed E-state index contributed by atoms with van der Waals surface area (Å²) >= 11 is 0. The molecule has 0 fully saturated rings. The molecule has 0 aliphatic heterocycles. The summed E-state index contributed by atoms with van der Waals surface area (Å²) in [6, 6.07) is 13.5. The number of hydrogen-bond donors (Lipinski definition) is 3. The molecule has 0 unspecified atom stereocenters. The Balaban J connectivity index is 2.30. The fourth-order valence-electron chi connectivity index (χ4n) is 1.84. The van der Waals surface area contributed by atoms with Gasteiger partial charge in [0.25, 0.3) is 0 Å². The standard InChI is InChI=1S/C16H14O4/c17-14-7-6-12(10-15(14)18)9-13(16(19)20)8-11-4-2-1-3-5-11/h1-7,9-10,17-18H,8H2,(H,19,20)/b13-9+. The van der Waals surface area contributed by atoms with Gasteiger partial charge in [-0.15, -0.1) is 0 Å². The highest BCUT2D eigenvalue weighted by molar-refractivity contribution is 5.92. The van der Waals surface area contributed by atoms with Crippen LogP contribution in [0.2, 0.25) is 0 Å². The Bertz CT molecular complexity index is 645. The number of carboxylic acids is 1. The van der Waals surface area contributed by atoms with Crippen LogP contribution in [0.1, 0.15) is 11.1 Å². The number of carboxylic acid groups (broad SMARTS) is 1. The molecule has 0 saturated heterocycles. The number of phenolic OH excluding ortho intramolecular Hbond substituents is 2.